The molecule has 1 aromatic rings. The summed E-state index contributed by atoms with van der Waals surface area (Å²) in [7, 11) is 1.57. The molecule has 2 aliphatic rings. The molecule has 0 aromatic carbocycles. The molecule has 1 aliphatic carbocycles. The second kappa shape index (κ2) is 9.33. The summed E-state index contributed by atoms with van der Waals surface area (Å²) in [6.07, 6.45) is 4.73. The molecule has 1 aliphatic heterocycles. The van der Waals surface area contributed by atoms with Gasteiger partial charge in [0.15, 0.2) is 0 Å². The Bertz CT molecular complexity index is 588. The topological polar surface area (TPSA) is 92.4 Å². The molecular formula is C16H24Cl2N4O3. The Hall–Kier alpha value is -1.41. The molecule has 2 fully saturated rings. The van der Waals surface area contributed by atoms with Crippen molar-refractivity contribution in [3.05, 3.63) is 18.3 Å². The number of nitrogens with zero attached hydrogens (tertiary/aromatic N) is 1. The van der Waals surface area contributed by atoms with E-state index in [2.05, 4.69) is 20.9 Å². The highest BCUT2D eigenvalue weighted by Gasteiger charge is 2.39. The number of rotatable bonds is 5. The maximum Gasteiger partial charge on any atom is 0.256 e. The van der Waals surface area contributed by atoms with E-state index >= 15 is 0 Å². The fourth-order valence-electron chi connectivity index (χ4n) is 2.72. The first-order chi connectivity index (χ1) is 11.1. The predicted molar refractivity (Wildman–Crippen MR) is 101 cm³/mol. The van der Waals surface area contributed by atoms with Crippen LogP contribution in [0.25, 0.3) is 0 Å². The Kier molecular flexibility index (Phi) is 8.08. The van der Waals surface area contributed by atoms with Gasteiger partial charge < -0.3 is 20.7 Å². The van der Waals surface area contributed by atoms with Crippen molar-refractivity contribution in [3.63, 3.8) is 0 Å². The lowest BCUT2D eigenvalue weighted by Crippen LogP contribution is -2.51. The maximum absolute atomic E-state index is 12.5. The smallest absolute Gasteiger partial charge is 0.256 e. The lowest BCUT2D eigenvalue weighted by Gasteiger charge is -2.34. The molecule has 2 heterocycles. The zero-order chi connectivity index (χ0) is 16.3. The molecule has 0 atom stereocenters. The number of aromatic nitrogens is 1. The van der Waals surface area contributed by atoms with Crippen molar-refractivity contribution in [2.45, 2.75) is 31.3 Å². The Morgan fingerprint density at radius 3 is 2.40 bits per heavy atom. The van der Waals surface area contributed by atoms with Crippen LogP contribution in [-0.2, 0) is 14.3 Å². The number of halogens is 2. The SMILES string of the molecule is COC1(C(=O)Nc2ccc(NC(=O)C3CC3)nc2)CCNCC1.Cl.Cl. The van der Waals surface area contributed by atoms with Gasteiger partial charge in [0.2, 0.25) is 5.91 Å². The zero-order valence-electron chi connectivity index (χ0n) is 14.0. The Morgan fingerprint density at radius 1 is 1.20 bits per heavy atom. The molecule has 0 radical (unpaired) electrons. The Balaban J connectivity index is 0.00000156. The molecule has 3 N–H and O–H groups in total. The van der Waals surface area contributed by atoms with Crippen LogP contribution < -0.4 is 16.0 Å². The molecule has 9 heteroatoms. The average molecular weight is 391 g/mol. The molecule has 0 bridgehead atoms. The normalized spacial score (nSPS) is 18.3. The van der Waals surface area contributed by atoms with Crippen LogP contribution in [0.5, 0.6) is 0 Å². The van der Waals surface area contributed by atoms with Gasteiger partial charge in [0.05, 0.1) is 11.9 Å². The summed E-state index contributed by atoms with van der Waals surface area (Å²) in [5.41, 5.74) is -0.196. The number of amides is 2. The third-order valence-corrected chi connectivity index (χ3v) is 4.44. The fourth-order valence-corrected chi connectivity index (χ4v) is 2.72. The van der Waals surface area contributed by atoms with Crippen LogP contribution in [0.3, 0.4) is 0 Å². The van der Waals surface area contributed by atoms with Gasteiger partial charge >= 0.3 is 0 Å². The van der Waals surface area contributed by atoms with E-state index in [1.165, 1.54) is 0 Å². The number of anilines is 2. The van der Waals surface area contributed by atoms with Crippen LogP contribution in [0.15, 0.2) is 18.3 Å². The van der Waals surface area contributed by atoms with Gasteiger partial charge in [-0.25, -0.2) is 4.98 Å². The van der Waals surface area contributed by atoms with E-state index in [-0.39, 0.29) is 42.5 Å². The Labute approximate surface area is 159 Å². The van der Waals surface area contributed by atoms with E-state index in [4.69, 9.17) is 4.74 Å². The number of carbonyl (C=O) groups is 2. The number of piperidine rings is 1. The lowest BCUT2D eigenvalue weighted by molar-refractivity contribution is -0.140. The minimum absolute atomic E-state index is 0. The number of methoxy groups -OCH3 is 1. The summed E-state index contributed by atoms with van der Waals surface area (Å²) in [4.78, 5) is 28.4. The van der Waals surface area contributed by atoms with Crippen molar-refractivity contribution in [1.82, 2.24) is 10.3 Å². The summed E-state index contributed by atoms with van der Waals surface area (Å²) < 4.78 is 5.49. The molecule has 1 aromatic heterocycles. The summed E-state index contributed by atoms with van der Waals surface area (Å²) >= 11 is 0. The van der Waals surface area contributed by atoms with E-state index < -0.39 is 5.60 Å². The van der Waals surface area contributed by atoms with Crippen molar-refractivity contribution < 1.29 is 14.3 Å². The summed E-state index contributed by atoms with van der Waals surface area (Å²) in [5, 5.41) is 8.84. The fraction of sp³-hybridized carbons (Fsp3) is 0.562. The average Bonchev–Trinajstić information content (AvgIpc) is 3.42. The zero-order valence-corrected chi connectivity index (χ0v) is 15.7. The number of hydrogen-bond donors (Lipinski definition) is 3. The van der Waals surface area contributed by atoms with E-state index in [0.29, 0.717) is 24.3 Å². The Morgan fingerprint density at radius 2 is 1.88 bits per heavy atom. The lowest BCUT2D eigenvalue weighted by atomic mass is 9.91. The molecule has 25 heavy (non-hydrogen) atoms. The highest BCUT2D eigenvalue weighted by atomic mass is 35.5. The minimum atomic E-state index is -0.788. The number of pyridine rings is 1. The van der Waals surface area contributed by atoms with Crippen LogP contribution in [0.2, 0.25) is 0 Å². The molecule has 3 rings (SSSR count). The predicted octanol–water partition coefficient (Wildman–Crippen LogP) is 1.98. The molecule has 0 unspecified atom stereocenters. The van der Waals surface area contributed by atoms with Gasteiger partial charge in [-0.1, -0.05) is 0 Å². The number of nitrogens with one attached hydrogen (secondary N) is 3. The molecule has 0 spiro atoms. The van der Waals surface area contributed by atoms with Crippen molar-refractivity contribution >= 4 is 48.1 Å². The minimum Gasteiger partial charge on any atom is -0.368 e. The molecular weight excluding hydrogens is 367 g/mol. The van der Waals surface area contributed by atoms with Crippen LogP contribution in [0.4, 0.5) is 11.5 Å². The summed E-state index contributed by atoms with van der Waals surface area (Å²) in [6.45, 7) is 1.51. The number of ether oxygens (including phenoxy) is 1. The molecule has 2 amide bonds. The van der Waals surface area contributed by atoms with Gasteiger partial charge in [-0.3, -0.25) is 9.59 Å². The van der Waals surface area contributed by atoms with Crippen molar-refractivity contribution in [3.8, 4) is 0 Å². The van der Waals surface area contributed by atoms with Crippen LogP contribution in [-0.4, -0.2) is 42.6 Å². The third-order valence-electron chi connectivity index (χ3n) is 4.44. The first kappa shape index (κ1) is 21.6. The van der Waals surface area contributed by atoms with Crippen LogP contribution >= 0.6 is 24.8 Å². The van der Waals surface area contributed by atoms with Crippen LogP contribution in [0, 0.1) is 5.92 Å². The largest absolute Gasteiger partial charge is 0.368 e. The molecule has 1 saturated heterocycles. The maximum atomic E-state index is 12.5. The summed E-state index contributed by atoms with van der Waals surface area (Å²) in [6, 6.07) is 3.43. The van der Waals surface area contributed by atoms with E-state index in [0.717, 1.165) is 25.9 Å². The van der Waals surface area contributed by atoms with Crippen LogP contribution in [0.1, 0.15) is 25.7 Å². The highest BCUT2D eigenvalue weighted by molar-refractivity contribution is 5.97. The first-order valence-electron chi connectivity index (χ1n) is 7.97. The van der Waals surface area contributed by atoms with Gasteiger partial charge in [0, 0.05) is 13.0 Å². The van der Waals surface area contributed by atoms with E-state index in [9.17, 15) is 9.59 Å². The van der Waals surface area contributed by atoms with Crippen molar-refractivity contribution in [2.75, 3.05) is 30.8 Å². The second-order valence-electron chi connectivity index (χ2n) is 6.10. The summed E-state index contributed by atoms with van der Waals surface area (Å²) in [5.74, 6) is 0.501. The van der Waals surface area contributed by atoms with Crippen molar-refractivity contribution in [1.29, 1.82) is 0 Å². The van der Waals surface area contributed by atoms with Gasteiger partial charge in [0.25, 0.3) is 5.91 Å². The molecule has 7 nitrogen and oxygen atoms in total. The number of carbonyl (C=O) groups excluding carboxylic acids is 2. The second-order valence-corrected chi connectivity index (χ2v) is 6.10. The third kappa shape index (κ3) is 5.28. The standard InChI is InChI=1S/C16H22N4O3.2ClH/c1-23-16(6-8-17-9-7-16)15(22)19-12-4-5-13(18-10-12)20-14(21)11-2-3-11;;/h4-5,10-11,17H,2-3,6-9H2,1H3,(H,19,22)(H,18,20,21);2*1H. The van der Waals surface area contributed by atoms with Gasteiger partial charge in [-0.2, -0.15) is 0 Å². The monoisotopic (exact) mass is 390 g/mol. The van der Waals surface area contributed by atoms with E-state index in [1.54, 1.807) is 25.4 Å². The number of hydrogen-bond acceptors (Lipinski definition) is 5. The van der Waals surface area contributed by atoms with Gasteiger partial charge in [0.1, 0.15) is 11.4 Å². The first-order valence-corrected chi connectivity index (χ1v) is 7.97. The van der Waals surface area contributed by atoms with Gasteiger partial charge in [-0.15, -0.1) is 24.8 Å². The van der Waals surface area contributed by atoms with E-state index in [1.807, 2.05) is 0 Å². The molecule has 140 valence electrons. The molecule has 1 saturated carbocycles. The van der Waals surface area contributed by atoms with Gasteiger partial charge in [-0.05, 0) is 50.9 Å². The van der Waals surface area contributed by atoms with Crippen molar-refractivity contribution in [2.24, 2.45) is 5.92 Å². The quantitative estimate of drug-likeness (QED) is 0.714. The highest BCUT2D eigenvalue weighted by Crippen LogP contribution is 2.30.